The number of fused-ring (bicyclic) bond motifs is 2. The number of aliphatic carboxylic acids is 1. The van der Waals surface area contributed by atoms with Gasteiger partial charge in [-0.15, -0.1) is 0 Å². The van der Waals surface area contributed by atoms with Crippen LogP contribution in [0.4, 0.5) is 5.69 Å². The van der Waals surface area contributed by atoms with Gasteiger partial charge in [-0.25, -0.2) is 9.78 Å². The predicted molar refractivity (Wildman–Crippen MR) is 221 cm³/mol. The highest BCUT2D eigenvalue weighted by Gasteiger charge is 2.37. The molecular formula is C45H36Cl2N6O6. The van der Waals surface area contributed by atoms with E-state index in [1.165, 1.54) is 0 Å². The van der Waals surface area contributed by atoms with E-state index >= 15 is 0 Å². The number of imidazole rings is 1. The van der Waals surface area contributed by atoms with E-state index in [4.69, 9.17) is 37.9 Å². The fourth-order valence-corrected chi connectivity index (χ4v) is 7.59. The number of halogens is 2. The topological polar surface area (TPSA) is 170 Å². The zero-order valence-corrected chi connectivity index (χ0v) is 32.8. The van der Waals surface area contributed by atoms with Crippen LogP contribution in [0, 0.1) is 11.3 Å². The van der Waals surface area contributed by atoms with E-state index in [0.717, 1.165) is 33.4 Å². The lowest BCUT2D eigenvalue weighted by Crippen LogP contribution is -2.54. The Labute approximate surface area is 349 Å². The summed E-state index contributed by atoms with van der Waals surface area (Å²) in [6.45, 7) is 0.921. The predicted octanol–water partition coefficient (Wildman–Crippen LogP) is 7.65. The highest BCUT2D eigenvalue weighted by Crippen LogP contribution is 2.40. The van der Waals surface area contributed by atoms with Crippen molar-refractivity contribution in [2.75, 3.05) is 5.32 Å². The maximum absolute atomic E-state index is 14.1. The van der Waals surface area contributed by atoms with Crippen LogP contribution in [0.25, 0.3) is 11.1 Å². The Hall–Kier alpha value is -6.65. The minimum Gasteiger partial charge on any atom is -0.489 e. The zero-order chi connectivity index (χ0) is 41.0. The molecule has 8 rings (SSSR count). The molecule has 14 heteroatoms. The van der Waals surface area contributed by atoms with Gasteiger partial charge in [0.1, 0.15) is 30.0 Å². The number of hydrogen-bond acceptors (Lipinski definition) is 8. The van der Waals surface area contributed by atoms with Gasteiger partial charge in [-0.1, -0.05) is 77.8 Å². The van der Waals surface area contributed by atoms with Gasteiger partial charge in [0.05, 0.1) is 40.0 Å². The number of rotatable bonds is 12. The molecule has 0 fully saturated rings. The number of aromatic amines is 1. The summed E-state index contributed by atoms with van der Waals surface area (Å²) in [7, 11) is 0. The molecule has 0 aliphatic carbocycles. The summed E-state index contributed by atoms with van der Waals surface area (Å²) in [4.78, 5) is 49.4. The summed E-state index contributed by atoms with van der Waals surface area (Å²) in [5.41, 5.74) is 6.85. The highest BCUT2D eigenvalue weighted by molar-refractivity contribution is 6.42. The molecular weight excluding hydrogens is 791 g/mol. The molecule has 3 atom stereocenters. The quantitative estimate of drug-likeness (QED) is 0.0969. The summed E-state index contributed by atoms with van der Waals surface area (Å²) < 4.78 is 12.2. The molecule has 0 saturated heterocycles. The van der Waals surface area contributed by atoms with Gasteiger partial charge in [-0.3, -0.25) is 14.5 Å². The average Bonchev–Trinajstić information content (AvgIpc) is 3.76. The number of nitriles is 1. The maximum atomic E-state index is 14.1. The average molecular weight is 828 g/mol. The van der Waals surface area contributed by atoms with Crippen molar-refractivity contribution < 1.29 is 29.0 Å². The molecule has 2 unspecified atom stereocenters. The van der Waals surface area contributed by atoms with Gasteiger partial charge in [-0.2, -0.15) is 5.26 Å². The number of carboxylic acid groups (broad SMARTS) is 1. The lowest BCUT2D eigenvalue weighted by Gasteiger charge is -2.37. The van der Waals surface area contributed by atoms with E-state index in [1.54, 1.807) is 60.9 Å². The van der Waals surface area contributed by atoms with Gasteiger partial charge in [0.25, 0.3) is 5.91 Å². The molecule has 0 spiro atoms. The summed E-state index contributed by atoms with van der Waals surface area (Å²) >= 11 is 12.2. The van der Waals surface area contributed by atoms with Crippen molar-refractivity contribution in [3.63, 3.8) is 0 Å². The Morgan fingerprint density at radius 1 is 0.949 bits per heavy atom. The van der Waals surface area contributed by atoms with E-state index in [0.29, 0.717) is 57.3 Å². The Morgan fingerprint density at radius 2 is 1.68 bits per heavy atom. The minimum atomic E-state index is -1.19. The van der Waals surface area contributed by atoms with Crippen molar-refractivity contribution in [1.29, 1.82) is 5.26 Å². The molecule has 0 radical (unpaired) electrons. The Balaban J connectivity index is 0.962. The van der Waals surface area contributed by atoms with Crippen LogP contribution in [-0.4, -0.2) is 49.8 Å². The number of ether oxygens (including phenoxy) is 2. The number of amides is 2. The fraction of sp³-hybridized carbons (Fsp3) is 0.178. The van der Waals surface area contributed by atoms with Crippen molar-refractivity contribution in [2.24, 2.45) is 0 Å². The second-order valence-electron chi connectivity index (χ2n) is 14.4. The Kier molecular flexibility index (Phi) is 11.3. The van der Waals surface area contributed by atoms with Crippen molar-refractivity contribution in [1.82, 2.24) is 20.2 Å². The van der Waals surface area contributed by atoms with E-state index in [1.807, 2.05) is 59.5 Å². The van der Waals surface area contributed by atoms with Crippen molar-refractivity contribution in [3.8, 4) is 28.7 Å². The summed E-state index contributed by atoms with van der Waals surface area (Å²) in [5.74, 6) is -0.200. The van der Waals surface area contributed by atoms with Gasteiger partial charge < -0.3 is 30.2 Å². The minimum absolute atomic E-state index is 0.0722. The van der Waals surface area contributed by atoms with E-state index in [2.05, 4.69) is 26.7 Å². The smallest absolute Gasteiger partial charge is 0.326 e. The van der Waals surface area contributed by atoms with Crippen LogP contribution in [0.3, 0.4) is 0 Å². The monoisotopic (exact) mass is 826 g/mol. The number of carboxylic acids is 1. The molecule has 0 bridgehead atoms. The molecule has 0 saturated carbocycles. The number of aromatic nitrogens is 2. The summed E-state index contributed by atoms with van der Waals surface area (Å²) in [6.07, 6.45) is 2.76. The second kappa shape index (κ2) is 17.1. The maximum Gasteiger partial charge on any atom is 0.326 e. The third-order valence-electron chi connectivity index (χ3n) is 10.4. The standard InChI is InChI=1S/C45H36Cl2N6O6/c46-35-14-5-28(17-36(35)47)25-58-34-12-10-31(11-13-34)42-44(55)51-37-19-32-20-39(53(24-41-49-15-16-50-41)23-33(32)21-40(37)59-42)43(54)52-38(45(56)57)18-26-1-6-29(7-2-26)30-8-3-27(22-48)4-9-30/h1-17,19,21,38-39,42H,18,20,23-25H2,(H,49,50)(H,51,55)(H,52,54)(H,56,57)/t38-,39?,42?/m0/s1. The SMILES string of the molecule is N#Cc1ccc(-c2ccc(C[C@H](NC(=O)C3Cc4cc5c(cc4CN3Cc3ncc[nH]3)OC(c3ccc(OCc4ccc(Cl)c(Cl)c4)cc3)C(=O)N5)C(=O)O)cc2)cc1. The van der Waals surface area contributed by atoms with Gasteiger partial charge in [0.15, 0.2) is 0 Å². The first-order chi connectivity index (χ1) is 28.6. The molecule has 59 heavy (non-hydrogen) atoms. The first-order valence-corrected chi connectivity index (χ1v) is 19.5. The van der Waals surface area contributed by atoms with Crippen molar-refractivity contribution >= 4 is 46.7 Å². The third-order valence-corrected chi connectivity index (χ3v) is 11.1. The van der Waals surface area contributed by atoms with Crippen LogP contribution in [0.1, 0.15) is 45.3 Å². The molecule has 4 N–H and O–H groups in total. The van der Waals surface area contributed by atoms with Crippen LogP contribution in [-0.2, 0) is 46.9 Å². The molecule has 296 valence electrons. The molecule has 2 amide bonds. The number of carbonyl (C=O) groups is 3. The van der Waals surface area contributed by atoms with E-state index < -0.39 is 30.1 Å². The molecule has 2 aliphatic rings. The van der Waals surface area contributed by atoms with E-state index in [9.17, 15) is 19.5 Å². The zero-order valence-electron chi connectivity index (χ0n) is 31.3. The van der Waals surface area contributed by atoms with Crippen LogP contribution >= 0.6 is 23.2 Å². The van der Waals surface area contributed by atoms with Crippen molar-refractivity contribution in [3.05, 3.63) is 165 Å². The second-order valence-corrected chi connectivity index (χ2v) is 15.2. The number of hydrogen-bond donors (Lipinski definition) is 4. The number of benzene rings is 5. The lowest BCUT2D eigenvalue weighted by atomic mass is 9.91. The van der Waals surface area contributed by atoms with Gasteiger partial charge in [0, 0.05) is 30.9 Å². The van der Waals surface area contributed by atoms with Gasteiger partial charge in [0.2, 0.25) is 12.0 Å². The number of anilines is 1. The van der Waals surface area contributed by atoms with Crippen LogP contribution in [0.5, 0.6) is 11.5 Å². The molecule has 6 aromatic rings. The third kappa shape index (κ3) is 8.93. The van der Waals surface area contributed by atoms with Crippen molar-refractivity contribution in [2.45, 2.75) is 50.7 Å². The summed E-state index contributed by atoms with van der Waals surface area (Å²) in [6, 6.07) is 31.0. The van der Waals surface area contributed by atoms with E-state index in [-0.39, 0.29) is 25.4 Å². The summed E-state index contributed by atoms with van der Waals surface area (Å²) in [5, 5.41) is 26.0. The molecule has 2 aliphatic heterocycles. The highest BCUT2D eigenvalue weighted by atomic mass is 35.5. The largest absolute Gasteiger partial charge is 0.489 e. The number of nitrogens with one attached hydrogen (secondary N) is 3. The number of carbonyl (C=O) groups excluding carboxylic acids is 2. The number of H-pyrrole nitrogens is 1. The Bertz CT molecular complexity index is 2560. The number of nitrogens with zero attached hydrogens (tertiary/aromatic N) is 3. The van der Waals surface area contributed by atoms with Crippen LogP contribution < -0.4 is 20.1 Å². The molecule has 5 aromatic carbocycles. The van der Waals surface area contributed by atoms with Crippen LogP contribution in [0.15, 0.2) is 116 Å². The van der Waals surface area contributed by atoms with Crippen LogP contribution in [0.2, 0.25) is 10.0 Å². The first kappa shape index (κ1) is 39.2. The molecule has 12 nitrogen and oxygen atoms in total. The lowest BCUT2D eigenvalue weighted by molar-refractivity contribution is -0.143. The van der Waals surface area contributed by atoms with Gasteiger partial charge >= 0.3 is 5.97 Å². The fourth-order valence-electron chi connectivity index (χ4n) is 7.27. The molecule has 3 heterocycles. The van der Waals surface area contributed by atoms with Gasteiger partial charge in [-0.05, 0) is 88.3 Å². The molecule has 1 aromatic heterocycles. The normalized spacial score (nSPS) is 16.4. The first-order valence-electron chi connectivity index (χ1n) is 18.7. The Morgan fingerprint density at radius 3 is 2.36 bits per heavy atom.